The number of benzene rings is 1. The van der Waals surface area contributed by atoms with Crippen LogP contribution in [0.4, 0.5) is 0 Å². The van der Waals surface area contributed by atoms with Crippen molar-refractivity contribution < 1.29 is 14.3 Å². The summed E-state index contributed by atoms with van der Waals surface area (Å²) in [5.41, 5.74) is 0.193. The molecule has 1 aliphatic heterocycles. The van der Waals surface area contributed by atoms with Crippen LogP contribution in [0.2, 0.25) is 0 Å². The van der Waals surface area contributed by atoms with E-state index in [1.165, 1.54) is 0 Å². The van der Waals surface area contributed by atoms with E-state index < -0.39 is 5.54 Å². The molecule has 5 nitrogen and oxygen atoms in total. The maximum absolute atomic E-state index is 11.9. The molecule has 0 bridgehead atoms. The number of amides is 2. The highest BCUT2D eigenvalue weighted by atomic mass is 79.9. The Morgan fingerprint density at radius 1 is 1.40 bits per heavy atom. The Bertz CT molecular complexity index is 557. The van der Waals surface area contributed by atoms with Crippen molar-refractivity contribution in [3.8, 4) is 5.75 Å². The second-order valence-electron chi connectivity index (χ2n) is 5.25. The summed E-state index contributed by atoms with van der Waals surface area (Å²) in [6.07, 6.45) is 0. The van der Waals surface area contributed by atoms with Gasteiger partial charge in [-0.1, -0.05) is 15.9 Å². The predicted molar refractivity (Wildman–Crippen MR) is 78.3 cm³/mol. The molecule has 1 aromatic rings. The lowest BCUT2D eigenvalue weighted by Gasteiger charge is -2.40. The molecule has 0 atom stereocenters. The van der Waals surface area contributed by atoms with E-state index in [1.807, 2.05) is 23.1 Å². The third-order valence-corrected chi connectivity index (χ3v) is 4.03. The molecule has 0 unspecified atom stereocenters. The van der Waals surface area contributed by atoms with Crippen LogP contribution in [-0.2, 0) is 16.1 Å². The Morgan fingerprint density at radius 2 is 2.10 bits per heavy atom. The van der Waals surface area contributed by atoms with Gasteiger partial charge >= 0.3 is 0 Å². The molecular weight excluding hydrogens is 324 g/mol. The third-order valence-electron chi connectivity index (χ3n) is 3.54. The second-order valence-corrected chi connectivity index (χ2v) is 6.16. The first-order valence-electron chi connectivity index (χ1n) is 6.26. The maximum Gasteiger partial charge on any atom is 0.246 e. The van der Waals surface area contributed by atoms with Gasteiger partial charge in [-0.15, -0.1) is 0 Å². The summed E-state index contributed by atoms with van der Waals surface area (Å²) < 4.78 is 6.26. The highest BCUT2D eigenvalue weighted by Crippen LogP contribution is 2.28. The number of rotatable bonds is 3. The van der Waals surface area contributed by atoms with Gasteiger partial charge in [-0.25, -0.2) is 0 Å². The van der Waals surface area contributed by atoms with Crippen molar-refractivity contribution in [2.45, 2.75) is 25.9 Å². The van der Waals surface area contributed by atoms with Gasteiger partial charge in [0.15, 0.2) is 0 Å². The number of carbonyl (C=O) groups excluding carboxylic acids is 2. The van der Waals surface area contributed by atoms with E-state index in [2.05, 4.69) is 21.2 Å². The lowest BCUT2D eigenvalue weighted by Crippen LogP contribution is -2.63. The number of nitrogens with zero attached hydrogens (tertiary/aromatic N) is 1. The van der Waals surface area contributed by atoms with Crippen molar-refractivity contribution in [1.29, 1.82) is 0 Å². The first-order valence-corrected chi connectivity index (χ1v) is 7.05. The maximum atomic E-state index is 11.9. The van der Waals surface area contributed by atoms with E-state index in [0.29, 0.717) is 6.54 Å². The molecule has 1 heterocycles. The minimum atomic E-state index is -0.735. The average Bonchev–Trinajstić information content (AvgIpc) is 2.36. The van der Waals surface area contributed by atoms with Gasteiger partial charge < -0.3 is 4.74 Å². The van der Waals surface area contributed by atoms with E-state index >= 15 is 0 Å². The first kappa shape index (κ1) is 15.0. The van der Waals surface area contributed by atoms with Crippen LogP contribution in [0.5, 0.6) is 5.75 Å². The Balaban J connectivity index is 2.30. The third kappa shape index (κ3) is 2.86. The zero-order valence-corrected chi connectivity index (χ0v) is 13.3. The fourth-order valence-corrected chi connectivity index (χ4v) is 2.57. The van der Waals surface area contributed by atoms with Crippen LogP contribution in [0.3, 0.4) is 0 Å². The number of ether oxygens (including phenoxy) is 1. The van der Waals surface area contributed by atoms with Gasteiger partial charge in [0, 0.05) is 16.6 Å². The van der Waals surface area contributed by atoms with E-state index in [4.69, 9.17) is 4.74 Å². The SMILES string of the molecule is COc1ccc(Br)cc1CN1CC(=O)NC(=O)C1(C)C. The molecular formula is C14H17BrN2O3. The molecule has 1 fully saturated rings. The Labute approximate surface area is 126 Å². The normalized spacial score (nSPS) is 18.8. The molecule has 0 aliphatic carbocycles. The molecule has 1 aromatic carbocycles. The Morgan fingerprint density at radius 3 is 2.75 bits per heavy atom. The monoisotopic (exact) mass is 340 g/mol. The molecule has 0 saturated carbocycles. The molecule has 108 valence electrons. The molecule has 0 aromatic heterocycles. The van der Waals surface area contributed by atoms with Gasteiger partial charge in [0.05, 0.1) is 19.2 Å². The van der Waals surface area contributed by atoms with Crippen LogP contribution in [-0.4, -0.2) is 35.9 Å². The van der Waals surface area contributed by atoms with E-state index in [0.717, 1.165) is 15.8 Å². The van der Waals surface area contributed by atoms with Gasteiger partial charge in [0.1, 0.15) is 5.75 Å². The van der Waals surface area contributed by atoms with Crippen LogP contribution in [0.15, 0.2) is 22.7 Å². The van der Waals surface area contributed by atoms with Crippen molar-refractivity contribution >= 4 is 27.7 Å². The molecule has 1 aliphatic rings. The minimum Gasteiger partial charge on any atom is -0.496 e. The summed E-state index contributed by atoms with van der Waals surface area (Å²) in [5.74, 6) is 0.188. The summed E-state index contributed by atoms with van der Waals surface area (Å²) in [4.78, 5) is 25.3. The van der Waals surface area contributed by atoms with E-state index in [9.17, 15) is 9.59 Å². The quantitative estimate of drug-likeness (QED) is 0.851. The zero-order chi connectivity index (χ0) is 14.9. The van der Waals surface area contributed by atoms with Crippen LogP contribution < -0.4 is 10.1 Å². The topological polar surface area (TPSA) is 58.6 Å². The first-order chi connectivity index (χ1) is 9.34. The molecule has 1 N–H and O–H groups in total. The van der Waals surface area contributed by atoms with E-state index in [-0.39, 0.29) is 18.4 Å². The summed E-state index contributed by atoms with van der Waals surface area (Å²) in [6.45, 7) is 4.27. The van der Waals surface area contributed by atoms with Gasteiger partial charge in [0.25, 0.3) is 0 Å². The fourth-order valence-electron chi connectivity index (χ4n) is 2.16. The van der Waals surface area contributed by atoms with E-state index in [1.54, 1.807) is 21.0 Å². The summed E-state index contributed by atoms with van der Waals surface area (Å²) >= 11 is 3.42. The molecule has 0 radical (unpaired) electrons. The number of imide groups is 1. The van der Waals surface area contributed by atoms with Gasteiger partial charge in [0.2, 0.25) is 11.8 Å². The lowest BCUT2D eigenvalue weighted by molar-refractivity contribution is -0.145. The number of piperazine rings is 1. The molecule has 2 amide bonds. The smallest absolute Gasteiger partial charge is 0.246 e. The number of halogens is 1. The van der Waals surface area contributed by atoms with Crippen LogP contribution in [0.1, 0.15) is 19.4 Å². The van der Waals surface area contributed by atoms with Gasteiger partial charge in [-0.2, -0.15) is 0 Å². The molecule has 6 heteroatoms. The van der Waals surface area contributed by atoms with Crippen molar-refractivity contribution in [2.24, 2.45) is 0 Å². The Kier molecular flexibility index (Phi) is 4.15. The number of carbonyl (C=O) groups is 2. The molecule has 1 saturated heterocycles. The number of nitrogens with one attached hydrogen (secondary N) is 1. The summed E-state index contributed by atoms with van der Waals surface area (Å²) in [6, 6.07) is 5.69. The highest BCUT2D eigenvalue weighted by Gasteiger charge is 2.40. The highest BCUT2D eigenvalue weighted by molar-refractivity contribution is 9.10. The van der Waals surface area contributed by atoms with Crippen molar-refractivity contribution in [3.63, 3.8) is 0 Å². The molecule has 0 spiro atoms. The Hall–Kier alpha value is -1.40. The van der Waals surface area contributed by atoms with Crippen molar-refractivity contribution in [2.75, 3.05) is 13.7 Å². The lowest BCUT2D eigenvalue weighted by atomic mass is 9.97. The number of hydrogen-bond donors (Lipinski definition) is 1. The number of hydrogen-bond acceptors (Lipinski definition) is 4. The summed E-state index contributed by atoms with van der Waals surface area (Å²) in [5, 5.41) is 2.37. The average molecular weight is 341 g/mol. The van der Waals surface area contributed by atoms with Crippen LogP contribution >= 0.6 is 15.9 Å². The standard InChI is InChI=1S/C14H17BrN2O3/c1-14(2)13(19)16-12(18)8-17(14)7-9-6-10(15)4-5-11(9)20-3/h4-6H,7-8H2,1-3H3,(H,16,18,19). The van der Waals surface area contributed by atoms with Crippen LogP contribution in [0, 0.1) is 0 Å². The van der Waals surface area contributed by atoms with Gasteiger partial charge in [-0.3, -0.25) is 19.8 Å². The molecule has 20 heavy (non-hydrogen) atoms. The fraction of sp³-hybridized carbons (Fsp3) is 0.429. The number of methoxy groups -OCH3 is 1. The zero-order valence-electron chi connectivity index (χ0n) is 11.7. The second kappa shape index (κ2) is 5.54. The van der Waals surface area contributed by atoms with Crippen molar-refractivity contribution in [3.05, 3.63) is 28.2 Å². The predicted octanol–water partition coefficient (Wildman–Crippen LogP) is 1.69. The van der Waals surface area contributed by atoms with Gasteiger partial charge in [-0.05, 0) is 32.0 Å². The minimum absolute atomic E-state index is 0.189. The van der Waals surface area contributed by atoms with Crippen LogP contribution in [0.25, 0.3) is 0 Å². The largest absolute Gasteiger partial charge is 0.496 e. The summed E-state index contributed by atoms with van der Waals surface area (Å²) in [7, 11) is 1.60. The van der Waals surface area contributed by atoms with Crippen molar-refractivity contribution in [1.82, 2.24) is 10.2 Å². The molecule has 2 rings (SSSR count).